The molecule has 0 spiro atoms. The number of hydrogen-bond donors (Lipinski definition) is 0. The van der Waals surface area contributed by atoms with Crippen LogP contribution in [-0.4, -0.2) is 10.9 Å². The Morgan fingerprint density at radius 1 is 1.12 bits per heavy atom. The molecule has 2 aliphatic heterocycles. The molecular formula is C25H33N. The molecule has 2 heterocycles. The molecule has 26 heavy (non-hydrogen) atoms. The van der Waals surface area contributed by atoms with Crippen LogP contribution in [0.15, 0.2) is 54.3 Å². The van der Waals surface area contributed by atoms with Gasteiger partial charge in [-0.05, 0) is 78.2 Å². The fourth-order valence-electron chi connectivity index (χ4n) is 4.36. The van der Waals surface area contributed by atoms with Gasteiger partial charge in [-0.1, -0.05) is 52.8 Å². The van der Waals surface area contributed by atoms with Gasteiger partial charge in [0.15, 0.2) is 0 Å². The first-order valence-corrected chi connectivity index (χ1v) is 10.2. The second-order valence-corrected chi connectivity index (χ2v) is 7.83. The number of fused-ring (bicyclic) bond motifs is 3. The van der Waals surface area contributed by atoms with Crippen LogP contribution in [-0.2, 0) is 19.3 Å². The van der Waals surface area contributed by atoms with E-state index in [2.05, 4.69) is 70.2 Å². The first-order chi connectivity index (χ1) is 12.5. The van der Waals surface area contributed by atoms with Crippen molar-refractivity contribution in [1.29, 1.82) is 0 Å². The third-order valence-electron chi connectivity index (χ3n) is 5.72. The third kappa shape index (κ3) is 3.32. The minimum atomic E-state index is 0.516. The summed E-state index contributed by atoms with van der Waals surface area (Å²) in [6.07, 6.45) is 11.6. The Balaban J connectivity index is 2.13. The second-order valence-electron chi connectivity index (χ2n) is 7.83. The SMILES string of the molecule is C=C(C)C1=CN2C(=CC1=C)c1cc(CCC)c(CCC)cc1CC2CC. The molecule has 0 radical (unpaired) electrons. The van der Waals surface area contributed by atoms with Crippen LogP contribution in [0.3, 0.4) is 0 Å². The van der Waals surface area contributed by atoms with Gasteiger partial charge in [-0.15, -0.1) is 0 Å². The minimum Gasteiger partial charge on any atom is -0.343 e. The third-order valence-corrected chi connectivity index (χ3v) is 5.72. The maximum atomic E-state index is 4.31. The van der Waals surface area contributed by atoms with E-state index in [1.54, 1.807) is 5.56 Å². The van der Waals surface area contributed by atoms with Crippen LogP contribution in [0.2, 0.25) is 0 Å². The van der Waals surface area contributed by atoms with Gasteiger partial charge in [-0.25, -0.2) is 0 Å². The molecule has 1 heteroatoms. The number of benzene rings is 1. The maximum Gasteiger partial charge on any atom is 0.0491 e. The van der Waals surface area contributed by atoms with Crippen molar-refractivity contribution in [2.24, 2.45) is 0 Å². The van der Waals surface area contributed by atoms with Crippen molar-refractivity contribution in [3.63, 3.8) is 0 Å². The zero-order chi connectivity index (χ0) is 18.8. The van der Waals surface area contributed by atoms with Gasteiger partial charge in [0.2, 0.25) is 0 Å². The Morgan fingerprint density at radius 3 is 2.35 bits per heavy atom. The van der Waals surface area contributed by atoms with Crippen LogP contribution < -0.4 is 0 Å². The molecule has 0 fully saturated rings. The van der Waals surface area contributed by atoms with Gasteiger partial charge in [0.1, 0.15) is 0 Å². The van der Waals surface area contributed by atoms with E-state index < -0.39 is 0 Å². The number of rotatable bonds is 6. The molecule has 1 atom stereocenters. The molecule has 0 amide bonds. The Labute approximate surface area is 159 Å². The summed E-state index contributed by atoms with van der Waals surface area (Å²) in [5.41, 5.74) is 10.7. The zero-order valence-corrected chi connectivity index (χ0v) is 17.0. The molecule has 138 valence electrons. The highest BCUT2D eigenvalue weighted by Crippen LogP contribution is 2.41. The van der Waals surface area contributed by atoms with E-state index >= 15 is 0 Å². The molecule has 1 unspecified atom stereocenters. The molecule has 0 saturated carbocycles. The molecule has 2 aliphatic rings. The fraction of sp³-hybridized carbons (Fsp3) is 0.440. The molecule has 1 nitrogen and oxygen atoms in total. The van der Waals surface area contributed by atoms with E-state index in [-0.39, 0.29) is 0 Å². The van der Waals surface area contributed by atoms with E-state index in [1.807, 2.05) is 0 Å². The van der Waals surface area contributed by atoms with E-state index in [1.165, 1.54) is 53.6 Å². The molecular weight excluding hydrogens is 314 g/mol. The van der Waals surface area contributed by atoms with Crippen molar-refractivity contribution >= 4 is 5.70 Å². The predicted octanol–water partition coefficient (Wildman–Crippen LogP) is 6.60. The fourth-order valence-corrected chi connectivity index (χ4v) is 4.36. The van der Waals surface area contributed by atoms with Crippen LogP contribution in [0.4, 0.5) is 0 Å². The first-order valence-electron chi connectivity index (χ1n) is 10.2. The molecule has 0 bridgehead atoms. The van der Waals surface area contributed by atoms with E-state index in [4.69, 9.17) is 0 Å². The molecule has 1 aromatic carbocycles. The molecule has 0 N–H and O–H groups in total. The molecule has 1 aromatic rings. The van der Waals surface area contributed by atoms with Gasteiger partial charge < -0.3 is 4.90 Å². The van der Waals surface area contributed by atoms with Crippen molar-refractivity contribution in [1.82, 2.24) is 4.90 Å². The largest absolute Gasteiger partial charge is 0.343 e. The summed E-state index contributed by atoms with van der Waals surface area (Å²) in [7, 11) is 0. The highest BCUT2D eigenvalue weighted by Gasteiger charge is 2.31. The van der Waals surface area contributed by atoms with Gasteiger partial charge >= 0.3 is 0 Å². The summed E-state index contributed by atoms with van der Waals surface area (Å²) in [4.78, 5) is 2.48. The van der Waals surface area contributed by atoms with Crippen molar-refractivity contribution in [3.8, 4) is 0 Å². The van der Waals surface area contributed by atoms with Crippen molar-refractivity contribution in [3.05, 3.63) is 76.5 Å². The quantitative estimate of drug-likeness (QED) is 0.560. The number of allylic oxidation sites excluding steroid dienone is 4. The summed E-state index contributed by atoms with van der Waals surface area (Å²) in [6, 6.07) is 5.50. The summed E-state index contributed by atoms with van der Waals surface area (Å²) in [6.45, 7) is 17.4. The molecule has 0 aliphatic carbocycles. The van der Waals surface area contributed by atoms with Gasteiger partial charge in [-0.3, -0.25) is 0 Å². The lowest BCUT2D eigenvalue weighted by Crippen LogP contribution is -2.37. The monoisotopic (exact) mass is 347 g/mol. The smallest absolute Gasteiger partial charge is 0.0491 e. The van der Waals surface area contributed by atoms with Crippen LogP contribution in [0.25, 0.3) is 5.70 Å². The van der Waals surface area contributed by atoms with Crippen molar-refractivity contribution < 1.29 is 0 Å². The van der Waals surface area contributed by atoms with Crippen molar-refractivity contribution in [2.75, 3.05) is 0 Å². The Morgan fingerprint density at radius 2 is 1.77 bits per heavy atom. The maximum absolute atomic E-state index is 4.31. The standard InChI is InChI=1S/C25H33N/c1-7-10-19-13-21-14-22(9-3)26-16-24(17(4)5)18(6)12-25(26)23(21)15-20(19)11-8-2/h12-13,15-16,22H,4,6-11,14H2,1-3,5H3. The summed E-state index contributed by atoms with van der Waals surface area (Å²) < 4.78 is 0. The van der Waals surface area contributed by atoms with Crippen LogP contribution in [0.1, 0.15) is 69.2 Å². The topological polar surface area (TPSA) is 3.24 Å². The van der Waals surface area contributed by atoms with Crippen LogP contribution in [0.5, 0.6) is 0 Å². The van der Waals surface area contributed by atoms with E-state index in [0.717, 1.165) is 24.0 Å². The lowest BCUT2D eigenvalue weighted by atomic mass is 9.83. The minimum absolute atomic E-state index is 0.516. The molecule has 3 rings (SSSR count). The zero-order valence-electron chi connectivity index (χ0n) is 17.0. The Hall–Kier alpha value is -2.02. The van der Waals surface area contributed by atoms with E-state index in [9.17, 15) is 0 Å². The summed E-state index contributed by atoms with van der Waals surface area (Å²) in [5, 5.41) is 0. The van der Waals surface area contributed by atoms with Gasteiger partial charge in [-0.2, -0.15) is 0 Å². The Kier molecular flexibility index (Phi) is 5.55. The van der Waals surface area contributed by atoms with Gasteiger partial charge in [0.05, 0.1) is 0 Å². The summed E-state index contributed by atoms with van der Waals surface area (Å²) >= 11 is 0. The van der Waals surface area contributed by atoms with Gasteiger partial charge in [0, 0.05) is 23.5 Å². The molecule has 0 aromatic heterocycles. The number of aryl methyl sites for hydroxylation is 2. The average Bonchev–Trinajstić information content (AvgIpc) is 2.61. The Bertz CT molecular complexity index is 791. The average molecular weight is 348 g/mol. The number of hydrogen-bond acceptors (Lipinski definition) is 1. The lowest BCUT2D eigenvalue weighted by molar-refractivity contribution is 0.352. The number of nitrogens with zero attached hydrogens (tertiary/aromatic N) is 1. The highest BCUT2D eigenvalue weighted by atomic mass is 15.2. The lowest BCUT2D eigenvalue weighted by Gasteiger charge is -2.41. The first kappa shape index (κ1) is 18.8. The highest BCUT2D eigenvalue weighted by molar-refractivity contribution is 5.77. The normalized spacial score (nSPS) is 18.8. The van der Waals surface area contributed by atoms with Gasteiger partial charge in [0.25, 0.3) is 0 Å². The van der Waals surface area contributed by atoms with Crippen LogP contribution >= 0.6 is 0 Å². The molecule has 0 saturated heterocycles. The summed E-state index contributed by atoms with van der Waals surface area (Å²) in [5.74, 6) is 0. The van der Waals surface area contributed by atoms with Crippen LogP contribution in [0, 0.1) is 0 Å². The van der Waals surface area contributed by atoms with E-state index in [0.29, 0.717) is 6.04 Å². The van der Waals surface area contributed by atoms with Crippen molar-refractivity contribution in [2.45, 2.75) is 72.3 Å². The predicted molar refractivity (Wildman–Crippen MR) is 114 cm³/mol. The second kappa shape index (κ2) is 7.70.